The standard InChI is InChI=1S/C24H23N3O5/c1-29-19-11-10-18(15-21(19)30-2)23-25-22(32-26-23)12-13-27(16-17-7-4-3-5-8-17)24(28)20-9-6-14-31-20/h3-11,14-15H,12-13,16H2,1-2H3. The van der Waals surface area contributed by atoms with Crippen LogP contribution in [0.5, 0.6) is 11.5 Å². The second-order valence-corrected chi connectivity index (χ2v) is 7.02. The highest BCUT2D eigenvalue weighted by atomic mass is 16.5. The summed E-state index contributed by atoms with van der Waals surface area (Å²) >= 11 is 0. The van der Waals surface area contributed by atoms with Gasteiger partial charge in [-0.05, 0) is 35.9 Å². The van der Waals surface area contributed by atoms with Crippen molar-refractivity contribution in [2.24, 2.45) is 0 Å². The fourth-order valence-electron chi connectivity index (χ4n) is 3.29. The maximum Gasteiger partial charge on any atom is 0.289 e. The molecule has 164 valence electrons. The van der Waals surface area contributed by atoms with Gasteiger partial charge in [0.1, 0.15) is 0 Å². The molecule has 2 aromatic heterocycles. The molecule has 0 N–H and O–H groups in total. The van der Waals surface area contributed by atoms with Gasteiger partial charge in [0, 0.05) is 25.1 Å². The van der Waals surface area contributed by atoms with Gasteiger partial charge >= 0.3 is 0 Å². The van der Waals surface area contributed by atoms with Crippen LogP contribution in [0.15, 0.2) is 75.9 Å². The number of hydrogen-bond acceptors (Lipinski definition) is 7. The number of nitrogens with zero attached hydrogens (tertiary/aromatic N) is 3. The second kappa shape index (κ2) is 9.82. The molecule has 0 saturated heterocycles. The van der Waals surface area contributed by atoms with Gasteiger partial charge in [0.05, 0.1) is 20.5 Å². The average molecular weight is 433 g/mol. The Hall–Kier alpha value is -4.07. The zero-order chi connectivity index (χ0) is 22.3. The minimum atomic E-state index is -0.196. The number of rotatable bonds is 9. The Balaban J connectivity index is 1.49. The molecule has 8 nitrogen and oxygen atoms in total. The van der Waals surface area contributed by atoms with Crippen LogP contribution < -0.4 is 9.47 Å². The first-order valence-corrected chi connectivity index (χ1v) is 10.1. The lowest BCUT2D eigenvalue weighted by Crippen LogP contribution is -2.32. The number of methoxy groups -OCH3 is 2. The van der Waals surface area contributed by atoms with E-state index in [0.717, 1.165) is 11.1 Å². The topological polar surface area (TPSA) is 90.8 Å². The van der Waals surface area contributed by atoms with Gasteiger partial charge in [0.25, 0.3) is 5.91 Å². The van der Waals surface area contributed by atoms with Crippen molar-refractivity contribution >= 4 is 5.91 Å². The van der Waals surface area contributed by atoms with Crippen molar-refractivity contribution in [1.29, 1.82) is 0 Å². The molecule has 0 saturated carbocycles. The average Bonchev–Trinajstić information content (AvgIpc) is 3.54. The van der Waals surface area contributed by atoms with E-state index in [0.29, 0.717) is 42.7 Å². The first kappa shape index (κ1) is 21.2. The first-order valence-electron chi connectivity index (χ1n) is 10.1. The Kier molecular flexibility index (Phi) is 6.50. The zero-order valence-electron chi connectivity index (χ0n) is 17.9. The Labute approximate surface area is 185 Å². The lowest BCUT2D eigenvalue weighted by atomic mass is 10.2. The van der Waals surface area contributed by atoms with Crippen LogP contribution in [-0.2, 0) is 13.0 Å². The number of hydrogen-bond donors (Lipinski definition) is 0. The highest BCUT2D eigenvalue weighted by molar-refractivity contribution is 5.91. The molecular formula is C24H23N3O5. The van der Waals surface area contributed by atoms with Gasteiger partial charge in [0.2, 0.25) is 11.7 Å². The van der Waals surface area contributed by atoms with Gasteiger partial charge in [0.15, 0.2) is 17.3 Å². The molecule has 1 amide bonds. The minimum absolute atomic E-state index is 0.196. The van der Waals surface area contributed by atoms with E-state index in [4.69, 9.17) is 18.4 Å². The zero-order valence-corrected chi connectivity index (χ0v) is 17.9. The number of amides is 1. The molecule has 0 fully saturated rings. The van der Waals surface area contributed by atoms with E-state index in [2.05, 4.69) is 10.1 Å². The second-order valence-electron chi connectivity index (χ2n) is 7.02. The largest absolute Gasteiger partial charge is 0.493 e. The molecule has 0 aliphatic carbocycles. The lowest BCUT2D eigenvalue weighted by Gasteiger charge is -2.21. The Morgan fingerprint density at radius 3 is 2.53 bits per heavy atom. The van der Waals surface area contributed by atoms with E-state index in [-0.39, 0.29) is 11.7 Å². The summed E-state index contributed by atoms with van der Waals surface area (Å²) in [5.41, 5.74) is 1.76. The first-order chi connectivity index (χ1) is 15.7. The smallest absolute Gasteiger partial charge is 0.289 e. The number of aromatic nitrogens is 2. The van der Waals surface area contributed by atoms with E-state index >= 15 is 0 Å². The van der Waals surface area contributed by atoms with Crippen molar-refractivity contribution in [1.82, 2.24) is 15.0 Å². The van der Waals surface area contributed by atoms with Crippen LogP contribution >= 0.6 is 0 Å². The van der Waals surface area contributed by atoms with Crippen molar-refractivity contribution in [3.63, 3.8) is 0 Å². The van der Waals surface area contributed by atoms with Crippen molar-refractivity contribution in [2.75, 3.05) is 20.8 Å². The third-order valence-electron chi connectivity index (χ3n) is 4.94. The third-order valence-corrected chi connectivity index (χ3v) is 4.94. The third kappa shape index (κ3) is 4.80. The van der Waals surface area contributed by atoms with Crippen LogP contribution in [0.4, 0.5) is 0 Å². The lowest BCUT2D eigenvalue weighted by molar-refractivity contribution is 0.0709. The van der Waals surface area contributed by atoms with Gasteiger partial charge < -0.3 is 23.3 Å². The summed E-state index contributed by atoms with van der Waals surface area (Å²) in [7, 11) is 3.15. The van der Waals surface area contributed by atoms with Crippen LogP contribution in [0.1, 0.15) is 22.0 Å². The molecule has 0 aliphatic rings. The Morgan fingerprint density at radius 2 is 1.81 bits per heavy atom. The van der Waals surface area contributed by atoms with Crippen molar-refractivity contribution in [2.45, 2.75) is 13.0 Å². The van der Waals surface area contributed by atoms with Gasteiger partial charge in [-0.1, -0.05) is 35.5 Å². The van der Waals surface area contributed by atoms with Crippen LogP contribution in [0.2, 0.25) is 0 Å². The SMILES string of the molecule is COc1ccc(-c2noc(CCN(Cc3ccccc3)C(=O)c3ccco3)n2)cc1OC. The Bertz CT molecular complexity index is 1160. The fourth-order valence-corrected chi connectivity index (χ4v) is 3.29. The number of carbonyl (C=O) groups excluding carboxylic acids is 1. The number of benzene rings is 2. The van der Waals surface area contributed by atoms with E-state index in [1.165, 1.54) is 6.26 Å². The van der Waals surface area contributed by atoms with Crippen LogP contribution in [0.3, 0.4) is 0 Å². The molecule has 2 aromatic carbocycles. The Morgan fingerprint density at radius 1 is 1.00 bits per heavy atom. The van der Waals surface area contributed by atoms with Gasteiger partial charge in [-0.3, -0.25) is 4.79 Å². The molecule has 2 heterocycles. The summed E-state index contributed by atoms with van der Waals surface area (Å²) in [5.74, 6) is 2.16. The highest BCUT2D eigenvalue weighted by Gasteiger charge is 2.20. The quantitative estimate of drug-likeness (QED) is 0.390. The molecule has 4 aromatic rings. The van der Waals surface area contributed by atoms with Crippen molar-refractivity contribution in [3.8, 4) is 22.9 Å². The van der Waals surface area contributed by atoms with Crippen molar-refractivity contribution < 1.29 is 23.2 Å². The van der Waals surface area contributed by atoms with E-state index in [9.17, 15) is 4.79 Å². The van der Waals surface area contributed by atoms with Gasteiger partial charge in [-0.15, -0.1) is 0 Å². The summed E-state index contributed by atoms with van der Waals surface area (Å²) in [5, 5.41) is 4.07. The van der Waals surface area contributed by atoms with Crippen molar-refractivity contribution in [3.05, 3.63) is 84.1 Å². The van der Waals surface area contributed by atoms with E-state index in [1.54, 1.807) is 43.4 Å². The summed E-state index contributed by atoms with van der Waals surface area (Å²) in [6.07, 6.45) is 1.89. The number of furan rings is 1. The molecule has 0 unspecified atom stereocenters. The van der Waals surface area contributed by atoms with E-state index < -0.39 is 0 Å². The van der Waals surface area contributed by atoms with Crippen LogP contribution in [0.25, 0.3) is 11.4 Å². The maximum atomic E-state index is 12.9. The molecule has 32 heavy (non-hydrogen) atoms. The molecular weight excluding hydrogens is 410 g/mol. The minimum Gasteiger partial charge on any atom is -0.493 e. The van der Waals surface area contributed by atoms with Gasteiger partial charge in [-0.2, -0.15) is 4.98 Å². The summed E-state index contributed by atoms with van der Waals surface area (Å²) in [6, 6.07) is 18.5. The predicted molar refractivity (Wildman–Crippen MR) is 116 cm³/mol. The molecule has 0 spiro atoms. The molecule has 0 radical (unpaired) electrons. The molecule has 4 rings (SSSR count). The maximum absolute atomic E-state index is 12.9. The highest BCUT2D eigenvalue weighted by Crippen LogP contribution is 2.31. The summed E-state index contributed by atoms with van der Waals surface area (Å²) in [6.45, 7) is 0.832. The number of ether oxygens (including phenoxy) is 2. The molecule has 8 heteroatoms. The molecule has 0 bridgehead atoms. The normalized spacial score (nSPS) is 10.7. The van der Waals surface area contributed by atoms with Gasteiger partial charge in [-0.25, -0.2) is 0 Å². The predicted octanol–water partition coefficient (Wildman–Crippen LogP) is 4.23. The van der Waals surface area contributed by atoms with Crippen LogP contribution in [-0.4, -0.2) is 41.7 Å². The van der Waals surface area contributed by atoms with E-state index in [1.807, 2.05) is 36.4 Å². The molecule has 0 atom stereocenters. The number of carbonyl (C=O) groups is 1. The van der Waals surface area contributed by atoms with Crippen LogP contribution in [0, 0.1) is 0 Å². The summed E-state index contributed by atoms with van der Waals surface area (Å²) in [4.78, 5) is 19.1. The fraction of sp³-hybridized carbons (Fsp3) is 0.208. The monoisotopic (exact) mass is 433 g/mol. The summed E-state index contributed by atoms with van der Waals surface area (Å²) < 4.78 is 21.3. The molecule has 0 aliphatic heterocycles.